The van der Waals surface area contributed by atoms with Gasteiger partial charge in [-0.05, 0) is 188 Å². The molecule has 64 heavy (non-hydrogen) atoms. The number of fused-ring (bicyclic) bond motifs is 2. The van der Waals surface area contributed by atoms with Crippen molar-refractivity contribution >= 4 is 122 Å². The highest BCUT2D eigenvalue weighted by Crippen LogP contribution is 2.59. The Hall–Kier alpha value is -1.05. The van der Waals surface area contributed by atoms with E-state index in [1.807, 2.05) is 82.8 Å². The van der Waals surface area contributed by atoms with E-state index < -0.39 is 17.6 Å². The van der Waals surface area contributed by atoms with E-state index >= 15 is 0 Å². The third-order valence-corrected chi connectivity index (χ3v) is 29.4. The van der Waals surface area contributed by atoms with Crippen molar-refractivity contribution in [3.63, 3.8) is 0 Å². The van der Waals surface area contributed by atoms with E-state index in [4.69, 9.17) is 36.5 Å². The predicted octanol–water partition coefficient (Wildman–Crippen LogP) is 16.2. The van der Waals surface area contributed by atoms with Crippen molar-refractivity contribution in [1.29, 1.82) is 0 Å². The molecule has 0 radical (unpaired) electrons. The molecule has 0 amide bonds. The summed E-state index contributed by atoms with van der Waals surface area (Å²) in [5.41, 5.74) is 9.61. The minimum Gasteiger partial charge on any atom is -0.374 e. The van der Waals surface area contributed by atoms with Crippen molar-refractivity contribution in [3.8, 4) is 21.1 Å². The minimum absolute atomic E-state index is 0.579. The summed E-state index contributed by atoms with van der Waals surface area (Å²) in [6.07, 6.45) is 3.59. The lowest BCUT2D eigenvalue weighted by Crippen LogP contribution is -2.46. The van der Waals surface area contributed by atoms with Gasteiger partial charge in [-0.3, -0.25) is 0 Å². The molecule has 0 unspecified atom stereocenters. The van der Waals surface area contributed by atoms with E-state index in [2.05, 4.69) is 86.6 Å². The summed E-state index contributed by atoms with van der Waals surface area (Å²) < 4.78 is 39.8. The van der Waals surface area contributed by atoms with Gasteiger partial charge in [0.1, 0.15) is 10.0 Å². The normalized spacial score (nSPS) is 12.3. The Morgan fingerprint density at radius 2 is 0.828 bits per heavy atom. The molecule has 6 rings (SSSR count). The molecule has 0 saturated carbocycles. The summed E-state index contributed by atoms with van der Waals surface area (Å²) >= 11 is 3.54. The van der Waals surface area contributed by atoms with Crippen LogP contribution in [0.3, 0.4) is 0 Å². The lowest BCUT2D eigenvalue weighted by Gasteiger charge is -2.28. The van der Waals surface area contributed by atoms with Gasteiger partial charge >= 0.3 is 17.6 Å². The number of benzene rings is 4. The van der Waals surface area contributed by atoms with Crippen LogP contribution in [0.5, 0.6) is 0 Å². The van der Waals surface area contributed by atoms with Gasteiger partial charge in [0, 0.05) is 72.6 Å². The van der Waals surface area contributed by atoms with Gasteiger partial charge in [-0.2, -0.15) is 0 Å². The fourth-order valence-corrected chi connectivity index (χ4v) is 27.0. The number of aromatic nitrogens is 2. The highest BCUT2D eigenvalue weighted by atomic mass is 33.9. The van der Waals surface area contributed by atoms with E-state index in [0.29, 0.717) is 39.6 Å². The first-order chi connectivity index (χ1) is 31.2. The average Bonchev–Trinajstić information content (AvgIpc) is 3.91. The van der Waals surface area contributed by atoms with Crippen LogP contribution in [0.2, 0.25) is 12.1 Å². The summed E-state index contributed by atoms with van der Waals surface area (Å²) in [6, 6.07) is 27.5. The Kier molecular flexibility index (Phi) is 21.8. The summed E-state index contributed by atoms with van der Waals surface area (Å²) in [5.74, 6) is 0. The minimum atomic E-state index is -2.77. The number of para-hydroxylation sites is 2. The maximum Gasteiger partial charge on any atom is 0.500 e. The number of rotatable bonds is 29. The molecule has 0 fully saturated rings. The van der Waals surface area contributed by atoms with Crippen LogP contribution in [0.15, 0.2) is 82.6 Å². The Morgan fingerprint density at radius 1 is 0.469 bits per heavy atom. The molecular weight excluding hydrogens is 989 g/mol. The topological polar surface area (TPSA) is 81.2 Å². The van der Waals surface area contributed by atoms with Crippen LogP contribution in [0.4, 0.5) is 0 Å². The van der Waals surface area contributed by atoms with Crippen molar-refractivity contribution in [2.24, 2.45) is 0 Å². The molecular formula is C46H60N2O6S8Si2. The number of hydrogen-bond donors (Lipinski definition) is 0. The quantitative estimate of drug-likeness (QED) is 0.0254. The summed E-state index contributed by atoms with van der Waals surface area (Å²) in [5, 5.41) is 2.12. The standard InChI is InChI=1S/C46H60N2O6S8Si2/c1-9-49-63(50-10-2,51-11-3)31-19-21-35-29-27-33(7)41(45-47-37-23-15-17-25-39(37)55-45)43(35)57-59-61-62-60-58-44-36(22-20-32-64(52-12-4,53-13-5)54-14-6)30-28-34(8)42(44)46-48-38-24-16-18-26-40(38)56-46/h15-18,23-30H,9-14,19-22,31-32H2,1-8H3. The fraction of sp³-hybridized carbons (Fsp3) is 0.435. The van der Waals surface area contributed by atoms with Gasteiger partial charge in [0.2, 0.25) is 0 Å². The van der Waals surface area contributed by atoms with E-state index in [1.54, 1.807) is 42.3 Å². The molecule has 8 nitrogen and oxygen atoms in total. The summed E-state index contributed by atoms with van der Waals surface area (Å²) in [4.78, 5) is 12.9. The molecule has 0 spiro atoms. The maximum absolute atomic E-state index is 6.23. The first-order valence-electron chi connectivity index (χ1n) is 22.0. The number of hydrogen-bond acceptors (Lipinski definition) is 16. The average molecular weight is 1050 g/mol. The molecule has 6 aromatic rings. The summed E-state index contributed by atoms with van der Waals surface area (Å²) in [7, 11) is 5.37. The van der Waals surface area contributed by atoms with Gasteiger partial charge in [0.15, 0.2) is 0 Å². The fourth-order valence-electron chi connectivity index (χ4n) is 7.63. The second kappa shape index (κ2) is 26.6. The Morgan fingerprint density at radius 3 is 1.17 bits per heavy atom. The van der Waals surface area contributed by atoms with Crippen LogP contribution in [-0.4, -0.2) is 67.2 Å². The van der Waals surface area contributed by atoms with Crippen molar-refractivity contribution in [2.45, 2.75) is 103 Å². The maximum atomic E-state index is 6.23. The van der Waals surface area contributed by atoms with E-state index in [1.165, 1.54) is 52.6 Å². The Labute approximate surface area is 413 Å². The highest BCUT2D eigenvalue weighted by molar-refractivity contribution is 9.41. The molecule has 4 aromatic carbocycles. The summed E-state index contributed by atoms with van der Waals surface area (Å²) in [6.45, 7) is 20.0. The molecule has 346 valence electrons. The SMILES string of the molecule is CCO[Si](CCCc1ccc(C)c(-c2nc3ccccc3s2)c1SSSSSSc1c(CCC[Si](OCC)(OCC)OCC)ccc(C)c1-c1nc2ccccc2s1)(OCC)OCC. The second-order valence-corrected chi connectivity index (χ2v) is 31.3. The molecule has 0 aliphatic rings. The third-order valence-electron chi connectivity index (χ3n) is 10.3. The zero-order chi connectivity index (χ0) is 45.4. The van der Waals surface area contributed by atoms with Crippen molar-refractivity contribution < 1.29 is 26.6 Å². The molecule has 2 heterocycles. The zero-order valence-corrected chi connectivity index (χ0v) is 46.6. The third kappa shape index (κ3) is 13.8. The predicted molar refractivity (Wildman–Crippen MR) is 289 cm³/mol. The molecule has 0 saturated heterocycles. The lowest BCUT2D eigenvalue weighted by molar-refractivity contribution is 0.0700. The molecule has 0 aliphatic carbocycles. The molecule has 2 aromatic heterocycles. The van der Waals surface area contributed by atoms with Gasteiger partial charge < -0.3 is 26.6 Å². The van der Waals surface area contributed by atoms with Gasteiger partial charge in [-0.15, -0.1) is 22.7 Å². The van der Waals surface area contributed by atoms with Crippen molar-refractivity contribution in [3.05, 3.63) is 95.1 Å². The molecule has 18 heteroatoms. The number of aryl methyl sites for hydroxylation is 4. The molecule has 0 aliphatic heterocycles. The zero-order valence-electron chi connectivity index (χ0n) is 38.0. The smallest absolute Gasteiger partial charge is 0.374 e. The van der Waals surface area contributed by atoms with Gasteiger partial charge in [0.05, 0.1) is 20.4 Å². The monoisotopic (exact) mass is 1050 g/mol. The van der Waals surface area contributed by atoms with E-state index in [9.17, 15) is 0 Å². The largest absolute Gasteiger partial charge is 0.500 e. The van der Waals surface area contributed by atoms with Gasteiger partial charge in [-0.25, -0.2) is 9.97 Å². The Balaban J connectivity index is 1.21. The second-order valence-electron chi connectivity index (χ2n) is 14.6. The molecule has 0 bridgehead atoms. The number of thiazole rings is 2. The molecule has 0 N–H and O–H groups in total. The number of nitrogens with zero attached hydrogens (tertiary/aromatic N) is 2. The van der Waals surface area contributed by atoms with Crippen LogP contribution in [-0.2, 0) is 39.4 Å². The van der Waals surface area contributed by atoms with Crippen LogP contribution in [0.25, 0.3) is 41.6 Å². The van der Waals surface area contributed by atoms with E-state index in [0.717, 1.165) is 58.8 Å². The van der Waals surface area contributed by atoms with Crippen LogP contribution < -0.4 is 0 Å². The van der Waals surface area contributed by atoms with Gasteiger partial charge in [0.25, 0.3) is 0 Å². The van der Waals surface area contributed by atoms with Crippen molar-refractivity contribution in [1.82, 2.24) is 9.97 Å². The lowest BCUT2D eigenvalue weighted by atomic mass is 10.0. The van der Waals surface area contributed by atoms with Crippen molar-refractivity contribution in [2.75, 3.05) is 39.6 Å². The first kappa shape index (κ1) is 52.3. The van der Waals surface area contributed by atoms with E-state index in [-0.39, 0.29) is 0 Å². The highest BCUT2D eigenvalue weighted by Gasteiger charge is 2.41. The first-order valence-corrected chi connectivity index (χ1v) is 35.0. The Bertz CT molecular complexity index is 2120. The van der Waals surface area contributed by atoms with Crippen LogP contribution in [0.1, 0.15) is 76.6 Å². The van der Waals surface area contributed by atoms with Crippen LogP contribution >= 0.6 is 83.6 Å². The molecule has 0 atom stereocenters. The van der Waals surface area contributed by atoms with Gasteiger partial charge in [-0.1, -0.05) is 48.5 Å². The van der Waals surface area contributed by atoms with Crippen LogP contribution in [0, 0.1) is 13.8 Å².